The number of rotatable bonds is 5. The van der Waals surface area contributed by atoms with Crippen LogP contribution in [0.3, 0.4) is 0 Å². The van der Waals surface area contributed by atoms with Gasteiger partial charge in [0.15, 0.2) is 0 Å². The Bertz CT molecular complexity index is 357. The van der Waals surface area contributed by atoms with Gasteiger partial charge in [-0.15, -0.1) is 0 Å². The van der Waals surface area contributed by atoms with Crippen LogP contribution in [0.1, 0.15) is 38.3 Å². The van der Waals surface area contributed by atoms with Crippen LogP contribution >= 0.6 is 0 Å². The van der Waals surface area contributed by atoms with Gasteiger partial charge in [0.25, 0.3) is 0 Å². The van der Waals surface area contributed by atoms with E-state index in [1.807, 2.05) is 18.2 Å². The number of hydrogen-bond donors (Lipinski definition) is 1. The van der Waals surface area contributed by atoms with E-state index in [0.717, 1.165) is 31.4 Å². The normalized spacial score (nSPS) is 16.8. The third kappa shape index (κ3) is 2.40. The van der Waals surface area contributed by atoms with Crippen molar-refractivity contribution in [2.24, 2.45) is 5.41 Å². The average Bonchev–Trinajstić information content (AvgIpc) is 3.09. The molecule has 0 saturated heterocycles. The zero-order chi connectivity index (χ0) is 11.4. The van der Waals surface area contributed by atoms with Gasteiger partial charge in [-0.3, -0.25) is 9.78 Å². The highest BCUT2D eigenvalue weighted by Gasteiger charge is 2.48. The Labute approximate surface area is 96.3 Å². The Morgan fingerprint density at radius 1 is 1.50 bits per heavy atom. The molecule has 1 saturated carbocycles. The van der Waals surface area contributed by atoms with Gasteiger partial charge >= 0.3 is 0 Å². The largest absolute Gasteiger partial charge is 0.350 e. The number of pyridine rings is 1. The van der Waals surface area contributed by atoms with Crippen LogP contribution in [0.15, 0.2) is 24.4 Å². The number of amides is 1. The molecule has 1 heterocycles. The maximum absolute atomic E-state index is 12.0. The predicted molar refractivity (Wildman–Crippen MR) is 62.7 cm³/mol. The van der Waals surface area contributed by atoms with Gasteiger partial charge in [-0.25, -0.2) is 0 Å². The first kappa shape index (κ1) is 11.1. The van der Waals surface area contributed by atoms with Gasteiger partial charge in [0, 0.05) is 11.6 Å². The highest BCUT2D eigenvalue weighted by Crippen LogP contribution is 2.49. The van der Waals surface area contributed by atoms with Crippen molar-refractivity contribution in [2.45, 2.75) is 39.2 Å². The molecule has 16 heavy (non-hydrogen) atoms. The van der Waals surface area contributed by atoms with Crippen LogP contribution in [-0.4, -0.2) is 10.9 Å². The number of carbonyl (C=O) groups excluding carboxylic acids is 1. The molecule has 3 nitrogen and oxygen atoms in total. The fourth-order valence-electron chi connectivity index (χ4n) is 2.08. The lowest BCUT2D eigenvalue weighted by Crippen LogP contribution is -2.31. The molecule has 0 unspecified atom stereocenters. The van der Waals surface area contributed by atoms with Crippen LogP contribution in [0.4, 0.5) is 0 Å². The molecule has 1 aliphatic rings. The standard InChI is InChI=1S/C13H18N2O/c1-2-6-13(7-8-13)12(16)15-10-11-5-3-4-9-14-11/h3-5,9H,2,6-8,10H2,1H3,(H,15,16). The van der Waals surface area contributed by atoms with Crippen molar-refractivity contribution < 1.29 is 4.79 Å². The first-order valence-corrected chi connectivity index (χ1v) is 5.95. The topological polar surface area (TPSA) is 42.0 Å². The van der Waals surface area contributed by atoms with Crippen LogP contribution in [0, 0.1) is 5.41 Å². The number of hydrogen-bond acceptors (Lipinski definition) is 2. The SMILES string of the molecule is CCCC1(C(=O)NCc2ccccn2)CC1. The summed E-state index contributed by atoms with van der Waals surface area (Å²) in [5.74, 6) is 0.208. The molecule has 1 N–H and O–H groups in total. The maximum Gasteiger partial charge on any atom is 0.226 e. The second-order valence-electron chi connectivity index (χ2n) is 4.53. The lowest BCUT2D eigenvalue weighted by atomic mass is 10.00. The van der Waals surface area contributed by atoms with E-state index in [0.29, 0.717) is 6.54 Å². The minimum Gasteiger partial charge on any atom is -0.350 e. The van der Waals surface area contributed by atoms with Crippen molar-refractivity contribution in [3.8, 4) is 0 Å². The molecule has 0 bridgehead atoms. The molecule has 0 aromatic carbocycles. The molecule has 0 aliphatic heterocycles. The maximum atomic E-state index is 12.0. The van der Waals surface area contributed by atoms with Gasteiger partial charge in [-0.1, -0.05) is 19.4 Å². The molecule has 0 atom stereocenters. The Balaban J connectivity index is 1.85. The first-order valence-electron chi connectivity index (χ1n) is 5.95. The Morgan fingerprint density at radius 2 is 2.31 bits per heavy atom. The molecule has 1 fully saturated rings. The van der Waals surface area contributed by atoms with E-state index in [9.17, 15) is 4.79 Å². The highest BCUT2D eigenvalue weighted by molar-refractivity contribution is 5.85. The monoisotopic (exact) mass is 218 g/mol. The summed E-state index contributed by atoms with van der Waals surface area (Å²) in [4.78, 5) is 16.1. The molecule has 1 amide bonds. The molecular formula is C13H18N2O. The number of nitrogens with one attached hydrogen (secondary N) is 1. The van der Waals surface area contributed by atoms with E-state index in [4.69, 9.17) is 0 Å². The minimum absolute atomic E-state index is 0.0382. The number of aromatic nitrogens is 1. The van der Waals surface area contributed by atoms with Gasteiger partial charge in [0.1, 0.15) is 0 Å². The van der Waals surface area contributed by atoms with E-state index in [1.165, 1.54) is 0 Å². The van der Waals surface area contributed by atoms with Crippen LogP contribution in [0.2, 0.25) is 0 Å². The van der Waals surface area contributed by atoms with Gasteiger partial charge in [-0.2, -0.15) is 0 Å². The average molecular weight is 218 g/mol. The second-order valence-corrected chi connectivity index (χ2v) is 4.53. The molecule has 1 aromatic rings. The fraction of sp³-hybridized carbons (Fsp3) is 0.538. The highest BCUT2D eigenvalue weighted by atomic mass is 16.2. The van der Waals surface area contributed by atoms with Crippen molar-refractivity contribution >= 4 is 5.91 Å². The number of carbonyl (C=O) groups is 1. The molecule has 2 rings (SSSR count). The van der Waals surface area contributed by atoms with Crippen LogP contribution < -0.4 is 5.32 Å². The zero-order valence-corrected chi connectivity index (χ0v) is 9.70. The first-order chi connectivity index (χ1) is 7.77. The molecule has 0 radical (unpaired) electrons. The molecule has 1 aromatic heterocycles. The molecule has 86 valence electrons. The van der Waals surface area contributed by atoms with Crippen molar-refractivity contribution in [2.75, 3.05) is 0 Å². The summed E-state index contributed by atoms with van der Waals surface area (Å²) in [7, 11) is 0. The third-order valence-corrected chi connectivity index (χ3v) is 3.22. The Kier molecular flexibility index (Phi) is 3.22. The van der Waals surface area contributed by atoms with Crippen molar-refractivity contribution in [3.63, 3.8) is 0 Å². The van der Waals surface area contributed by atoms with E-state index < -0.39 is 0 Å². The molecule has 3 heteroatoms. The lowest BCUT2D eigenvalue weighted by molar-refractivity contribution is -0.126. The summed E-state index contributed by atoms with van der Waals surface area (Å²) in [6, 6.07) is 5.75. The predicted octanol–water partition coefficient (Wildman–Crippen LogP) is 2.28. The zero-order valence-electron chi connectivity index (χ0n) is 9.70. The van der Waals surface area contributed by atoms with Gasteiger partial charge in [0.2, 0.25) is 5.91 Å². The lowest BCUT2D eigenvalue weighted by Gasteiger charge is -2.13. The third-order valence-electron chi connectivity index (χ3n) is 3.22. The fourth-order valence-corrected chi connectivity index (χ4v) is 2.08. The minimum atomic E-state index is -0.0382. The van der Waals surface area contributed by atoms with E-state index >= 15 is 0 Å². The van der Waals surface area contributed by atoms with Gasteiger partial charge in [0.05, 0.1) is 12.2 Å². The molecule has 0 spiro atoms. The van der Waals surface area contributed by atoms with Crippen molar-refractivity contribution in [3.05, 3.63) is 30.1 Å². The summed E-state index contributed by atoms with van der Waals surface area (Å²) in [6.07, 6.45) is 5.95. The summed E-state index contributed by atoms with van der Waals surface area (Å²) < 4.78 is 0. The van der Waals surface area contributed by atoms with E-state index in [1.54, 1.807) is 6.20 Å². The molecule has 1 aliphatic carbocycles. The summed E-state index contributed by atoms with van der Waals surface area (Å²) in [5.41, 5.74) is 0.881. The Morgan fingerprint density at radius 3 is 2.88 bits per heavy atom. The Hall–Kier alpha value is -1.38. The number of nitrogens with zero attached hydrogens (tertiary/aromatic N) is 1. The van der Waals surface area contributed by atoms with Crippen LogP contribution in [-0.2, 0) is 11.3 Å². The van der Waals surface area contributed by atoms with Gasteiger partial charge < -0.3 is 5.32 Å². The summed E-state index contributed by atoms with van der Waals surface area (Å²) in [6.45, 7) is 2.68. The quantitative estimate of drug-likeness (QED) is 0.823. The van der Waals surface area contributed by atoms with Crippen molar-refractivity contribution in [1.29, 1.82) is 0 Å². The van der Waals surface area contributed by atoms with Crippen LogP contribution in [0.5, 0.6) is 0 Å². The summed E-state index contributed by atoms with van der Waals surface area (Å²) in [5, 5.41) is 2.99. The summed E-state index contributed by atoms with van der Waals surface area (Å²) >= 11 is 0. The van der Waals surface area contributed by atoms with E-state index in [2.05, 4.69) is 17.2 Å². The smallest absolute Gasteiger partial charge is 0.226 e. The van der Waals surface area contributed by atoms with Crippen molar-refractivity contribution in [1.82, 2.24) is 10.3 Å². The second kappa shape index (κ2) is 4.64. The van der Waals surface area contributed by atoms with Crippen LogP contribution in [0.25, 0.3) is 0 Å². The molecular weight excluding hydrogens is 200 g/mol. The van der Waals surface area contributed by atoms with Gasteiger partial charge in [-0.05, 0) is 31.4 Å². The van der Waals surface area contributed by atoms with E-state index in [-0.39, 0.29) is 11.3 Å².